The zero-order valence-electron chi connectivity index (χ0n) is 19.8. The Labute approximate surface area is 219 Å². The largest absolute Gasteiger partial charge is 0.467 e. The van der Waals surface area contributed by atoms with E-state index in [9.17, 15) is 9.65 Å². The van der Waals surface area contributed by atoms with Crippen molar-refractivity contribution in [1.29, 1.82) is 5.26 Å². The molecule has 0 spiro atoms. The van der Waals surface area contributed by atoms with Crippen molar-refractivity contribution >= 4 is 39.5 Å². The number of aromatic nitrogens is 4. The van der Waals surface area contributed by atoms with Crippen LogP contribution in [0.25, 0.3) is 11.0 Å². The average Bonchev–Trinajstić information content (AvgIpc) is 3.38. The highest BCUT2D eigenvalue weighted by Gasteiger charge is 2.68. The number of nitrogens with zero attached hydrogens (tertiary/aromatic N) is 6. The SMILES string of the molecule is N#CC[C@]12C[C@H]1[C@@](CF)(c1cc(Nc3nccc4nc(OCc5ncco5)cnc34)ccc1F)N=C(N)S2. The van der Waals surface area contributed by atoms with E-state index in [4.69, 9.17) is 14.9 Å². The minimum absolute atomic E-state index is 0.0756. The number of nitriles is 1. The summed E-state index contributed by atoms with van der Waals surface area (Å²) in [5, 5.41) is 12.6. The molecule has 192 valence electrons. The maximum absolute atomic E-state index is 15.2. The summed E-state index contributed by atoms with van der Waals surface area (Å²) in [6.07, 6.45) is 6.68. The molecule has 13 heteroatoms. The van der Waals surface area contributed by atoms with Crippen molar-refractivity contribution in [3.8, 4) is 11.9 Å². The van der Waals surface area contributed by atoms with Gasteiger partial charge in [0, 0.05) is 28.1 Å². The molecule has 4 aromatic rings. The Bertz CT molecular complexity index is 1590. The number of amidine groups is 1. The van der Waals surface area contributed by atoms with Gasteiger partial charge >= 0.3 is 0 Å². The van der Waals surface area contributed by atoms with Crippen LogP contribution in [-0.2, 0) is 12.1 Å². The van der Waals surface area contributed by atoms with E-state index in [2.05, 4.69) is 36.3 Å². The van der Waals surface area contributed by atoms with Crippen molar-refractivity contribution in [3.63, 3.8) is 0 Å². The Hall–Kier alpha value is -4.31. The quantitative estimate of drug-likeness (QED) is 0.334. The number of halogens is 2. The third-order valence-corrected chi connectivity index (χ3v) is 8.06. The molecule has 1 aliphatic carbocycles. The maximum Gasteiger partial charge on any atom is 0.233 e. The molecule has 3 atom stereocenters. The van der Waals surface area contributed by atoms with E-state index in [0.717, 1.165) is 0 Å². The average molecular weight is 535 g/mol. The summed E-state index contributed by atoms with van der Waals surface area (Å²) >= 11 is 1.27. The lowest BCUT2D eigenvalue weighted by atomic mass is 9.84. The number of hydrogen-bond acceptors (Lipinski definition) is 11. The molecule has 6 rings (SSSR count). The summed E-state index contributed by atoms with van der Waals surface area (Å²) in [6, 6.07) is 8.12. The van der Waals surface area contributed by atoms with Crippen LogP contribution in [0.4, 0.5) is 20.3 Å². The molecule has 1 fully saturated rings. The Morgan fingerprint density at radius 3 is 2.95 bits per heavy atom. The van der Waals surface area contributed by atoms with Crippen LogP contribution in [0.5, 0.6) is 5.88 Å². The van der Waals surface area contributed by atoms with Crippen LogP contribution in [0.3, 0.4) is 0 Å². The molecule has 0 unspecified atom stereocenters. The van der Waals surface area contributed by atoms with E-state index >= 15 is 4.39 Å². The molecule has 0 amide bonds. The number of hydrogen-bond donors (Lipinski definition) is 2. The lowest BCUT2D eigenvalue weighted by molar-refractivity contribution is 0.253. The monoisotopic (exact) mass is 534 g/mol. The second kappa shape index (κ2) is 9.21. The molecule has 0 saturated heterocycles. The topological polar surface area (TPSA) is 148 Å². The van der Waals surface area contributed by atoms with Crippen LogP contribution in [-0.4, -0.2) is 36.5 Å². The summed E-state index contributed by atoms with van der Waals surface area (Å²) in [5.74, 6) is 0.0955. The first-order chi connectivity index (χ1) is 18.5. The fourth-order valence-electron chi connectivity index (χ4n) is 4.94. The van der Waals surface area contributed by atoms with Crippen LogP contribution in [0.15, 0.2) is 58.5 Å². The number of rotatable bonds is 8. The molecule has 38 heavy (non-hydrogen) atoms. The van der Waals surface area contributed by atoms with E-state index in [0.29, 0.717) is 34.9 Å². The number of fused-ring (bicyclic) bond motifs is 2. The third-order valence-electron chi connectivity index (χ3n) is 6.76. The van der Waals surface area contributed by atoms with Gasteiger partial charge in [0.1, 0.15) is 29.8 Å². The molecule has 0 radical (unpaired) electrons. The van der Waals surface area contributed by atoms with E-state index in [1.165, 1.54) is 48.6 Å². The molecule has 10 nitrogen and oxygen atoms in total. The highest BCUT2D eigenvalue weighted by atomic mass is 32.2. The molecule has 1 aromatic carbocycles. The first kappa shape index (κ1) is 24.1. The molecule has 1 aliphatic heterocycles. The third kappa shape index (κ3) is 4.06. The van der Waals surface area contributed by atoms with E-state index < -0.39 is 22.8 Å². The van der Waals surface area contributed by atoms with Crippen LogP contribution >= 0.6 is 11.8 Å². The van der Waals surface area contributed by atoms with Crippen molar-refractivity contribution in [3.05, 3.63) is 66.4 Å². The number of oxazole rings is 1. The smallest absolute Gasteiger partial charge is 0.233 e. The second-order valence-electron chi connectivity index (χ2n) is 9.04. The van der Waals surface area contributed by atoms with Crippen molar-refractivity contribution < 1.29 is 17.9 Å². The first-order valence-corrected chi connectivity index (χ1v) is 12.5. The lowest BCUT2D eigenvalue weighted by Gasteiger charge is -2.34. The molecular weight excluding hydrogens is 514 g/mol. The molecule has 3 aromatic heterocycles. The summed E-state index contributed by atoms with van der Waals surface area (Å²) in [6.45, 7) is -0.846. The number of nitrogens with two attached hydrogens (primary N) is 1. The number of nitrogens with one attached hydrogen (secondary N) is 1. The fourth-order valence-corrected chi connectivity index (χ4v) is 6.29. The van der Waals surface area contributed by atoms with Crippen LogP contribution in [0.2, 0.25) is 0 Å². The van der Waals surface area contributed by atoms with Gasteiger partial charge in [-0.15, -0.1) is 0 Å². The Morgan fingerprint density at radius 2 is 2.16 bits per heavy atom. The van der Waals surface area contributed by atoms with Crippen molar-refractivity contribution in [1.82, 2.24) is 19.9 Å². The zero-order valence-corrected chi connectivity index (χ0v) is 20.6. The zero-order chi connectivity index (χ0) is 26.3. The fraction of sp³-hybridized carbons (Fsp3) is 0.280. The summed E-state index contributed by atoms with van der Waals surface area (Å²) in [7, 11) is 0. The Kier molecular flexibility index (Phi) is 5.83. The van der Waals surface area contributed by atoms with E-state index in [1.54, 1.807) is 12.3 Å². The van der Waals surface area contributed by atoms with E-state index in [-0.39, 0.29) is 35.6 Å². The van der Waals surface area contributed by atoms with Crippen molar-refractivity contribution in [2.75, 3.05) is 12.0 Å². The number of ether oxygens (including phenoxy) is 1. The molecule has 0 bridgehead atoms. The number of aliphatic imine (C=N–C) groups is 1. The van der Waals surface area contributed by atoms with Crippen LogP contribution in [0, 0.1) is 23.1 Å². The van der Waals surface area contributed by atoms with Crippen LogP contribution in [0.1, 0.15) is 24.3 Å². The van der Waals surface area contributed by atoms with Gasteiger partial charge in [-0.25, -0.2) is 33.7 Å². The summed E-state index contributed by atoms with van der Waals surface area (Å²) in [5.41, 5.74) is 6.04. The highest BCUT2D eigenvalue weighted by Crippen LogP contribution is 2.67. The molecule has 4 heterocycles. The second-order valence-corrected chi connectivity index (χ2v) is 10.5. The van der Waals surface area contributed by atoms with Gasteiger partial charge in [0.25, 0.3) is 0 Å². The number of alkyl halides is 1. The lowest BCUT2D eigenvalue weighted by Crippen LogP contribution is -2.40. The van der Waals surface area contributed by atoms with Gasteiger partial charge < -0.3 is 20.2 Å². The minimum Gasteiger partial charge on any atom is -0.467 e. The predicted octanol–water partition coefficient (Wildman–Crippen LogP) is 4.37. The number of thioether (sulfide) groups is 1. The standard InChI is InChI=1S/C25H20F2N8O2S/c26-13-25(18-10-24(18,4-5-28)38-23(29)35-25)15-9-14(1-2-16(15)27)33-22-21-17(3-6-31-22)34-19(11-32-21)37-12-20-30-7-8-36-20/h1-3,6-9,11,18H,4,10,12-13H2,(H2,29,35)(H,31,33)/t18-,24+,25-/m1/s1. The predicted molar refractivity (Wildman–Crippen MR) is 136 cm³/mol. The Balaban J connectivity index is 1.30. The van der Waals surface area contributed by atoms with Gasteiger partial charge in [0.15, 0.2) is 17.6 Å². The first-order valence-electron chi connectivity index (χ1n) is 11.6. The van der Waals surface area contributed by atoms with E-state index in [1.807, 2.05) is 0 Å². The number of anilines is 2. The summed E-state index contributed by atoms with van der Waals surface area (Å²) < 4.78 is 40.1. The normalized spacial score (nSPS) is 23.8. The van der Waals surface area contributed by atoms with Crippen molar-refractivity contribution in [2.45, 2.75) is 29.7 Å². The van der Waals surface area contributed by atoms with Gasteiger partial charge in [-0.2, -0.15) is 5.26 Å². The molecule has 1 saturated carbocycles. The minimum atomic E-state index is -1.50. The maximum atomic E-state index is 15.2. The van der Waals surface area contributed by atoms with Crippen LogP contribution < -0.4 is 15.8 Å². The van der Waals surface area contributed by atoms with Crippen molar-refractivity contribution in [2.24, 2.45) is 16.6 Å². The Morgan fingerprint density at radius 1 is 1.26 bits per heavy atom. The van der Waals surface area contributed by atoms with Gasteiger partial charge in [0.05, 0.1) is 30.4 Å². The number of pyridine rings is 1. The molecular formula is C25H20F2N8O2S. The number of benzene rings is 1. The van der Waals surface area contributed by atoms with Gasteiger partial charge in [-0.05, 0) is 30.7 Å². The molecule has 2 aliphatic rings. The molecule has 3 N–H and O–H groups in total. The van der Waals surface area contributed by atoms with Gasteiger partial charge in [-0.3, -0.25) is 0 Å². The highest BCUT2D eigenvalue weighted by molar-refractivity contribution is 8.15. The van der Waals surface area contributed by atoms with Gasteiger partial charge in [0.2, 0.25) is 11.8 Å². The summed E-state index contributed by atoms with van der Waals surface area (Å²) in [4.78, 5) is 21.6. The van der Waals surface area contributed by atoms with Gasteiger partial charge in [-0.1, -0.05) is 11.8 Å².